The summed E-state index contributed by atoms with van der Waals surface area (Å²) < 4.78 is 0. The molecule has 0 aromatic heterocycles. The van der Waals surface area contributed by atoms with Crippen LogP contribution in [0, 0.1) is 28.6 Å². The minimum Gasteiger partial charge on any atom is -0.393 e. The lowest BCUT2D eigenvalue weighted by Crippen LogP contribution is -2.54. The van der Waals surface area contributed by atoms with Gasteiger partial charge in [-0.05, 0) is 61.7 Å². The van der Waals surface area contributed by atoms with Crippen LogP contribution in [0.1, 0.15) is 58.8 Å². The van der Waals surface area contributed by atoms with Crippen molar-refractivity contribution < 1.29 is 15.0 Å². The highest BCUT2D eigenvalue weighted by Crippen LogP contribution is 2.63. The number of rotatable bonds is 0. The first-order valence-electron chi connectivity index (χ1n) is 8.97. The molecule has 1 unspecified atom stereocenters. The van der Waals surface area contributed by atoms with Crippen molar-refractivity contribution in [1.29, 1.82) is 0 Å². The van der Waals surface area contributed by atoms with Crippen molar-refractivity contribution in [2.45, 2.75) is 71.0 Å². The van der Waals surface area contributed by atoms with E-state index in [1.807, 2.05) is 6.08 Å². The molecule has 122 valence electrons. The summed E-state index contributed by atoms with van der Waals surface area (Å²) in [5, 5.41) is 20.8. The quantitative estimate of drug-likeness (QED) is 0.677. The molecule has 0 aromatic rings. The molecule has 3 nitrogen and oxygen atoms in total. The average molecular weight is 304 g/mol. The van der Waals surface area contributed by atoms with Gasteiger partial charge in [0, 0.05) is 11.8 Å². The first-order valence-corrected chi connectivity index (χ1v) is 8.97. The molecule has 3 heteroatoms. The number of carbonyl (C=O) groups is 1. The van der Waals surface area contributed by atoms with Gasteiger partial charge >= 0.3 is 0 Å². The summed E-state index contributed by atoms with van der Waals surface area (Å²) in [4.78, 5) is 12.4. The standard InChI is InChI=1S/C19H28O3/c1-18-7-5-12(20)9-11(18)10-15(21)17-13-3-4-16(22)19(13,2)8-6-14(17)18/h10,12-15,17,20-21H,3-9H2,1-2H3/t12-,13-,14-,15-,17-,18?,19-/m0/s1. The fourth-order valence-corrected chi connectivity index (χ4v) is 6.40. The second kappa shape index (κ2) is 4.67. The summed E-state index contributed by atoms with van der Waals surface area (Å²) in [5.41, 5.74) is 1.20. The number of aliphatic hydroxyl groups is 2. The van der Waals surface area contributed by atoms with Gasteiger partial charge in [0.25, 0.3) is 0 Å². The summed E-state index contributed by atoms with van der Waals surface area (Å²) in [6.07, 6.45) is 7.65. The lowest BCUT2D eigenvalue weighted by molar-refractivity contribution is -0.135. The normalized spacial score (nSPS) is 54.3. The molecule has 4 rings (SSSR count). The Morgan fingerprint density at radius 2 is 1.73 bits per heavy atom. The van der Waals surface area contributed by atoms with Gasteiger partial charge in [-0.25, -0.2) is 0 Å². The van der Waals surface area contributed by atoms with Crippen LogP contribution in [0.15, 0.2) is 11.6 Å². The molecule has 2 N–H and O–H groups in total. The Balaban J connectivity index is 1.75. The summed E-state index contributed by atoms with van der Waals surface area (Å²) in [7, 11) is 0. The Morgan fingerprint density at radius 1 is 1.05 bits per heavy atom. The molecule has 0 aromatic carbocycles. The third kappa shape index (κ3) is 1.78. The van der Waals surface area contributed by atoms with Gasteiger partial charge in [0.2, 0.25) is 0 Å². The SMILES string of the molecule is CC12CC[C@H](O)CC1=C[C@H](O)[C@@H]1[C@@H]2CC[C@]2(C)C(=O)CC[C@@H]12. The zero-order chi connectivity index (χ0) is 15.7. The fraction of sp³-hybridized carbons (Fsp3) is 0.842. The highest BCUT2D eigenvalue weighted by molar-refractivity contribution is 5.87. The van der Waals surface area contributed by atoms with Crippen LogP contribution in [0.25, 0.3) is 0 Å². The van der Waals surface area contributed by atoms with Gasteiger partial charge in [0.05, 0.1) is 12.2 Å². The molecule has 0 aliphatic heterocycles. The van der Waals surface area contributed by atoms with Gasteiger partial charge in [-0.15, -0.1) is 0 Å². The summed E-state index contributed by atoms with van der Waals surface area (Å²) in [6.45, 7) is 4.48. The van der Waals surface area contributed by atoms with E-state index in [0.29, 0.717) is 24.0 Å². The van der Waals surface area contributed by atoms with Crippen molar-refractivity contribution in [2.75, 3.05) is 0 Å². The van der Waals surface area contributed by atoms with E-state index >= 15 is 0 Å². The van der Waals surface area contributed by atoms with E-state index in [1.54, 1.807) is 0 Å². The average Bonchev–Trinajstić information content (AvgIpc) is 2.77. The maximum atomic E-state index is 12.4. The molecule has 0 saturated heterocycles. The maximum Gasteiger partial charge on any atom is 0.139 e. The summed E-state index contributed by atoms with van der Waals surface area (Å²) in [6, 6.07) is 0. The molecule has 3 saturated carbocycles. The number of Topliss-reactive ketones (excluding diaryl/α,β-unsaturated/α-hetero) is 1. The van der Waals surface area contributed by atoms with E-state index in [-0.39, 0.29) is 22.9 Å². The van der Waals surface area contributed by atoms with Crippen molar-refractivity contribution in [3.63, 3.8) is 0 Å². The Kier molecular flexibility index (Phi) is 3.16. The van der Waals surface area contributed by atoms with E-state index in [9.17, 15) is 15.0 Å². The predicted molar refractivity (Wildman–Crippen MR) is 84.1 cm³/mol. The number of hydrogen-bond donors (Lipinski definition) is 2. The molecule has 4 aliphatic rings. The highest BCUT2D eigenvalue weighted by atomic mass is 16.3. The monoisotopic (exact) mass is 304 g/mol. The third-order valence-corrected chi connectivity index (χ3v) is 7.81. The maximum absolute atomic E-state index is 12.4. The summed E-state index contributed by atoms with van der Waals surface area (Å²) >= 11 is 0. The van der Waals surface area contributed by atoms with Crippen LogP contribution in [-0.2, 0) is 4.79 Å². The number of hydrogen-bond acceptors (Lipinski definition) is 3. The van der Waals surface area contributed by atoms with Gasteiger partial charge < -0.3 is 10.2 Å². The molecule has 0 heterocycles. The Labute approximate surface area is 132 Å². The summed E-state index contributed by atoms with van der Waals surface area (Å²) in [5.74, 6) is 1.46. The van der Waals surface area contributed by atoms with Gasteiger partial charge in [0.1, 0.15) is 5.78 Å². The fourth-order valence-electron chi connectivity index (χ4n) is 6.40. The molecule has 4 aliphatic carbocycles. The number of ketones is 1. The minimum atomic E-state index is -0.436. The molecular formula is C19H28O3. The van der Waals surface area contributed by atoms with E-state index in [0.717, 1.165) is 38.5 Å². The van der Waals surface area contributed by atoms with Crippen LogP contribution in [0.3, 0.4) is 0 Å². The second-order valence-electron chi connectivity index (χ2n) is 8.70. The Morgan fingerprint density at radius 3 is 2.50 bits per heavy atom. The first-order chi connectivity index (χ1) is 10.4. The van der Waals surface area contributed by atoms with E-state index in [2.05, 4.69) is 13.8 Å². The van der Waals surface area contributed by atoms with E-state index in [1.165, 1.54) is 5.57 Å². The van der Waals surface area contributed by atoms with Crippen LogP contribution < -0.4 is 0 Å². The van der Waals surface area contributed by atoms with Crippen molar-refractivity contribution in [2.24, 2.45) is 28.6 Å². The second-order valence-corrected chi connectivity index (χ2v) is 8.70. The minimum absolute atomic E-state index is 0.121. The first kappa shape index (κ1) is 14.9. The van der Waals surface area contributed by atoms with Gasteiger partial charge in [-0.2, -0.15) is 0 Å². The van der Waals surface area contributed by atoms with Crippen LogP contribution in [0.5, 0.6) is 0 Å². The lowest BCUT2D eigenvalue weighted by atomic mass is 9.47. The van der Waals surface area contributed by atoms with Crippen molar-refractivity contribution in [1.82, 2.24) is 0 Å². The van der Waals surface area contributed by atoms with Gasteiger partial charge in [-0.1, -0.05) is 25.5 Å². The highest BCUT2D eigenvalue weighted by Gasteiger charge is 2.60. The third-order valence-electron chi connectivity index (χ3n) is 7.81. The number of fused-ring (bicyclic) bond motifs is 5. The van der Waals surface area contributed by atoms with Crippen molar-refractivity contribution in [3.8, 4) is 0 Å². The molecule has 0 spiro atoms. The van der Waals surface area contributed by atoms with Crippen molar-refractivity contribution >= 4 is 5.78 Å². The lowest BCUT2D eigenvalue weighted by Gasteiger charge is -2.58. The van der Waals surface area contributed by atoms with Crippen LogP contribution in [-0.4, -0.2) is 28.2 Å². The molecule has 22 heavy (non-hydrogen) atoms. The van der Waals surface area contributed by atoms with Crippen LogP contribution >= 0.6 is 0 Å². The molecular weight excluding hydrogens is 276 g/mol. The smallest absolute Gasteiger partial charge is 0.139 e. The number of aliphatic hydroxyl groups excluding tert-OH is 2. The molecule has 0 amide bonds. The number of carbonyl (C=O) groups excluding carboxylic acids is 1. The zero-order valence-electron chi connectivity index (χ0n) is 13.7. The predicted octanol–water partition coefficient (Wildman–Crippen LogP) is 2.85. The molecule has 7 atom stereocenters. The van der Waals surface area contributed by atoms with Gasteiger partial charge in [-0.3, -0.25) is 4.79 Å². The van der Waals surface area contributed by atoms with Crippen LogP contribution in [0.2, 0.25) is 0 Å². The van der Waals surface area contributed by atoms with Crippen molar-refractivity contribution in [3.05, 3.63) is 11.6 Å². The van der Waals surface area contributed by atoms with E-state index in [4.69, 9.17) is 0 Å². The Hall–Kier alpha value is -0.670. The topological polar surface area (TPSA) is 57.5 Å². The molecule has 3 fully saturated rings. The van der Waals surface area contributed by atoms with E-state index < -0.39 is 6.10 Å². The van der Waals surface area contributed by atoms with Gasteiger partial charge in [0.15, 0.2) is 0 Å². The molecule has 0 bridgehead atoms. The zero-order valence-corrected chi connectivity index (χ0v) is 13.7. The Bertz CT molecular complexity index is 539. The molecule has 0 radical (unpaired) electrons. The van der Waals surface area contributed by atoms with Crippen LogP contribution in [0.4, 0.5) is 0 Å². The largest absolute Gasteiger partial charge is 0.393 e.